The first-order valence-corrected chi connectivity index (χ1v) is 6.39. The van der Waals surface area contributed by atoms with Crippen molar-refractivity contribution in [3.63, 3.8) is 0 Å². The van der Waals surface area contributed by atoms with E-state index in [1.54, 1.807) is 0 Å². The number of para-hydroxylation sites is 1. The van der Waals surface area contributed by atoms with Crippen LogP contribution in [-0.2, 0) is 0 Å². The Morgan fingerprint density at radius 3 is 2.37 bits per heavy atom. The molecule has 2 aromatic rings. The number of rotatable bonds is 1. The first kappa shape index (κ1) is 11.8. The van der Waals surface area contributed by atoms with Crippen molar-refractivity contribution in [2.45, 2.75) is 19.9 Å². The fourth-order valence-electron chi connectivity index (χ4n) is 2.62. The summed E-state index contributed by atoms with van der Waals surface area (Å²) in [6.45, 7) is 4.08. The molecule has 2 N–H and O–H groups in total. The van der Waals surface area contributed by atoms with Gasteiger partial charge in [-0.3, -0.25) is 0 Å². The van der Waals surface area contributed by atoms with E-state index >= 15 is 0 Å². The predicted molar refractivity (Wildman–Crippen MR) is 76.4 cm³/mol. The summed E-state index contributed by atoms with van der Waals surface area (Å²) >= 11 is 0. The Hall–Kier alpha value is -2.29. The second-order valence-corrected chi connectivity index (χ2v) is 4.93. The van der Waals surface area contributed by atoms with E-state index in [-0.39, 0.29) is 12.1 Å². The third-order valence-corrected chi connectivity index (χ3v) is 3.63. The van der Waals surface area contributed by atoms with Gasteiger partial charge in [-0.25, -0.2) is 4.79 Å². The number of hydrogen-bond acceptors (Lipinski definition) is 1. The highest BCUT2D eigenvalue weighted by Gasteiger charge is 2.26. The van der Waals surface area contributed by atoms with Crippen molar-refractivity contribution in [2.24, 2.45) is 0 Å². The molecular formula is C16H16N2O. The van der Waals surface area contributed by atoms with Crippen molar-refractivity contribution in [1.29, 1.82) is 0 Å². The van der Waals surface area contributed by atoms with Crippen molar-refractivity contribution in [3.8, 4) is 0 Å². The monoisotopic (exact) mass is 252 g/mol. The number of aryl methyl sites for hydroxylation is 2. The molecule has 0 saturated carbocycles. The van der Waals surface area contributed by atoms with Gasteiger partial charge in [0, 0.05) is 5.56 Å². The number of amides is 2. The number of carbonyl (C=O) groups excluding carboxylic acids is 1. The molecule has 3 rings (SSSR count). The topological polar surface area (TPSA) is 41.1 Å². The van der Waals surface area contributed by atoms with Gasteiger partial charge < -0.3 is 10.6 Å². The molecule has 2 aromatic carbocycles. The van der Waals surface area contributed by atoms with Crippen LogP contribution in [0.1, 0.15) is 28.3 Å². The Balaban J connectivity index is 2.17. The summed E-state index contributed by atoms with van der Waals surface area (Å²) in [5, 5.41) is 5.90. The molecule has 0 radical (unpaired) electrons. The van der Waals surface area contributed by atoms with Crippen molar-refractivity contribution in [2.75, 3.05) is 5.32 Å². The first-order chi connectivity index (χ1) is 9.16. The zero-order valence-corrected chi connectivity index (χ0v) is 11.0. The Morgan fingerprint density at radius 1 is 0.895 bits per heavy atom. The van der Waals surface area contributed by atoms with Crippen LogP contribution >= 0.6 is 0 Å². The molecule has 0 fully saturated rings. The van der Waals surface area contributed by atoms with Crippen LogP contribution in [0.4, 0.5) is 10.5 Å². The Kier molecular flexibility index (Phi) is 2.75. The zero-order valence-electron chi connectivity index (χ0n) is 11.0. The van der Waals surface area contributed by atoms with Crippen molar-refractivity contribution in [3.05, 3.63) is 64.7 Å². The van der Waals surface area contributed by atoms with Gasteiger partial charge in [0.05, 0.1) is 11.7 Å². The van der Waals surface area contributed by atoms with Gasteiger partial charge in [0.1, 0.15) is 0 Å². The lowest BCUT2D eigenvalue weighted by Gasteiger charge is -2.29. The Bertz CT molecular complexity index is 649. The van der Waals surface area contributed by atoms with Crippen molar-refractivity contribution in [1.82, 2.24) is 5.32 Å². The maximum absolute atomic E-state index is 11.9. The summed E-state index contributed by atoms with van der Waals surface area (Å²) in [6, 6.07) is 14.0. The number of nitrogens with one attached hydrogen (secondary N) is 2. The maximum atomic E-state index is 11.9. The van der Waals surface area contributed by atoms with E-state index in [0.29, 0.717) is 0 Å². The Labute approximate surface area is 112 Å². The number of hydrogen-bond donors (Lipinski definition) is 2. The molecule has 96 valence electrons. The average molecular weight is 252 g/mol. The molecule has 0 bridgehead atoms. The summed E-state index contributed by atoms with van der Waals surface area (Å²) in [5.74, 6) is 0. The maximum Gasteiger partial charge on any atom is 0.320 e. The highest BCUT2D eigenvalue weighted by atomic mass is 16.2. The number of urea groups is 1. The van der Waals surface area contributed by atoms with Crippen LogP contribution < -0.4 is 10.6 Å². The summed E-state index contributed by atoms with van der Waals surface area (Å²) < 4.78 is 0. The molecule has 0 aliphatic carbocycles. The van der Waals surface area contributed by atoms with Gasteiger partial charge in [0.15, 0.2) is 0 Å². The quantitative estimate of drug-likeness (QED) is 0.801. The lowest BCUT2D eigenvalue weighted by Crippen LogP contribution is -2.38. The van der Waals surface area contributed by atoms with Crippen molar-refractivity contribution >= 4 is 11.7 Å². The summed E-state index contributed by atoms with van der Waals surface area (Å²) in [4.78, 5) is 11.9. The standard InChI is InChI=1S/C16H16N2O/c1-10-6-3-4-8-12(10)15-13-9-5-7-11(2)14(13)17-16(19)18-15/h3-9,15H,1-2H3,(H2,17,18,19). The zero-order chi connectivity index (χ0) is 13.4. The fourth-order valence-corrected chi connectivity index (χ4v) is 2.62. The van der Waals surface area contributed by atoms with E-state index in [4.69, 9.17) is 0 Å². The van der Waals surface area contributed by atoms with Gasteiger partial charge >= 0.3 is 6.03 Å². The van der Waals surface area contributed by atoms with Crippen LogP contribution in [0.5, 0.6) is 0 Å². The third-order valence-electron chi connectivity index (χ3n) is 3.63. The van der Waals surface area contributed by atoms with Crippen LogP contribution in [0.2, 0.25) is 0 Å². The molecule has 0 saturated heterocycles. The lowest BCUT2D eigenvalue weighted by atomic mass is 9.91. The normalized spacial score (nSPS) is 17.4. The third kappa shape index (κ3) is 1.97. The first-order valence-electron chi connectivity index (χ1n) is 6.39. The molecule has 3 heteroatoms. The van der Waals surface area contributed by atoms with E-state index in [2.05, 4.69) is 35.8 Å². The van der Waals surface area contributed by atoms with Gasteiger partial charge in [-0.05, 0) is 30.5 Å². The molecule has 3 nitrogen and oxygen atoms in total. The number of carbonyl (C=O) groups is 1. The molecule has 1 aliphatic heterocycles. The second-order valence-electron chi connectivity index (χ2n) is 4.93. The second kappa shape index (κ2) is 4.43. The van der Waals surface area contributed by atoms with E-state index in [0.717, 1.165) is 22.4 Å². The summed E-state index contributed by atoms with van der Waals surface area (Å²) in [7, 11) is 0. The van der Waals surface area contributed by atoms with Gasteiger partial charge in [-0.15, -0.1) is 0 Å². The Morgan fingerprint density at radius 2 is 1.58 bits per heavy atom. The smallest absolute Gasteiger partial charge is 0.320 e. The van der Waals surface area contributed by atoms with E-state index in [1.165, 1.54) is 5.56 Å². The summed E-state index contributed by atoms with van der Waals surface area (Å²) in [5.41, 5.74) is 5.46. The van der Waals surface area contributed by atoms with Crippen LogP contribution in [-0.4, -0.2) is 6.03 Å². The molecule has 19 heavy (non-hydrogen) atoms. The van der Waals surface area contributed by atoms with Gasteiger partial charge in [-0.1, -0.05) is 42.5 Å². The van der Waals surface area contributed by atoms with E-state index < -0.39 is 0 Å². The highest BCUT2D eigenvalue weighted by molar-refractivity contribution is 5.94. The molecular weight excluding hydrogens is 236 g/mol. The highest BCUT2D eigenvalue weighted by Crippen LogP contribution is 2.34. The number of fused-ring (bicyclic) bond motifs is 1. The summed E-state index contributed by atoms with van der Waals surface area (Å²) in [6.07, 6.45) is 0. The predicted octanol–water partition coefficient (Wildman–Crippen LogP) is 3.53. The lowest BCUT2D eigenvalue weighted by molar-refractivity contribution is 0.249. The average Bonchev–Trinajstić information content (AvgIpc) is 2.40. The molecule has 0 aromatic heterocycles. The minimum absolute atomic E-state index is 0.0788. The molecule has 1 heterocycles. The number of anilines is 1. The molecule has 1 atom stereocenters. The van der Waals surface area contributed by atoms with Crippen LogP contribution in [0, 0.1) is 13.8 Å². The van der Waals surface area contributed by atoms with E-state index in [1.807, 2.05) is 31.2 Å². The molecule has 1 aliphatic rings. The van der Waals surface area contributed by atoms with Crippen LogP contribution in [0.15, 0.2) is 42.5 Å². The van der Waals surface area contributed by atoms with Crippen molar-refractivity contribution < 1.29 is 4.79 Å². The van der Waals surface area contributed by atoms with Gasteiger partial charge in [-0.2, -0.15) is 0 Å². The number of benzene rings is 2. The molecule has 2 amide bonds. The molecule has 1 unspecified atom stereocenters. The largest absolute Gasteiger partial charge is 0.327 e. The minimum Gasteiger partial charge on any atom is -0.327 e. The fraction of sp³-hybridized carbons (Fsp3) is 0.188. The van der Waals surface area contributed by atoms with Gasteiger partial charge in [0.25, 0.3) is 0 Å². The van der Waals surface area contributed by atoms with Crippen LogP contribution in [0.3, 0.4) is 0 Å². The minimum atomic E-state index is -0.143. The van der Waals surface area contributed by atoms with Gasteiger partial charge in [0.2, 0.25) is 0 Å². The SMILES string of the molecule is Cc1ccccc1C1NC(=O)Nc2c(C)cccc21. The van der Waals surface area contributed by atoms with Crippen LogP contribution in [0.25, 0.3) is 0 Å². The molecule has 0 spiro atoms. The van der Waals surface area contributed by atoms with E-state index in [9.17, 15) is 4.79 Å².